The molecule has 5 rings (SSSR count). The van der Waals surface area contributed by atoms with E-state index >= 15 is 0 Å². The van der Waals surface area contributed by atoms with Gasteiger partial charge in [0.1, 0.15) is 0 Å². The van der Waals surface area contributed by atoms with Crippen molar-refractivity contribution >= 4 is 5.91 Å². The van der Waals surface area contributed by atoms with Crippen LogP contribution >= 0.6 is 0 Å². The van der Waals surface area contributed by atoms with Crippen LogP contribution < -0.4 is 0 Å². The minimum atomic E-state index is 0.239. The van der Waals surface area contributed by atoms with Crippen molar-refractivity contribution in [3.63, 3.8) is 0 Å². The summed E-state index contributed by atoms with van der Waals surface area (Å²) in [5.41, 5.74) is 1.44. The average Bonchev–Trinajstić information content (AvgIpc) is 3.38. The van der Waals surface area contributed by atoms with Crippen LogP contribution in [0.4, 0.5) is 0 Å². The van der Waals surface area contributed by atoms with Crippen molar-refractivity contribution in [2.24, 2.45) is 29.6 Å². The van der Waals surface area contributed by atoms with Crippen LogP contribution in [0.3, 0.4) is 0 Å². The van der Waals surface area contributed by atoms with Crippen molar-refractivity contribution in [3.05, 3.63) is 48.0 Å². The maximum absolute atomic E-state index is 13.2. The molecule has 4 unspecified atom stereocenters. The number of rotatable bonds is 5. The van der Waals surface area contributed by atoms with E-state index in [0.29, 0.717) is 5.91 Å². The summed E-state index contributed by atoms with van der Waals surface area (Å²) in [6, 6.07) is 10.8. The monoisotopic (exact) mass is 392 g/mol. The first kappa shape index (κ1) is 19.4. The Morgan fingerprint density at radius 1 is 0.966 bits per heavy atom. The molecule has 1 aromatic rings. The van der Waals surface area contributed by atoms with Crippen LogP contribution in [0.15, 0.2) is 42.5 Å². The highest BCUT2D eigenvalue weighted by molar-refractivity contribution is 5.79. The van der Waals surface area contributed by atoms with E-state index in [1.807, 2.05) is 0 Å². The van der Waals surface area contributed by atoms with Gasteiger partial charge in [-0.05, 0) is 80.7 Å². The van der Waals surface area contributed by atoms with Crippen LogP contribution in [0.1, 0.15) is 44.1 Å². The number of benzene rings is 1. The number of likely N-dealkylation sites (tertiary alicyclic amines) is 2. The van der Waals surface area contributed by atoms with E-state index in [0.717, 1.165) is 69.0 Å². The molecule has 4 aliphatic rings. The van der Waals surface area contributed by atoms with E-state index in [1.165, 1.54) is 37.9 Å². The number of amides is 1. The molecule has 156 valence electrons. The Labute approximate surface area is 176 Å². The Kier molecular flexibility index (Phi) is 5.76. The standard InChI is InChI=1S/C26H36N2O/c29-26(28-13-10-21(11-14-28)15-20-5-2-1-3-6-20)24-7-4-12-27(18-24)19-25-17-22-8-9-23(25)16-22/h1-3,5-6,8-9,21-25H,4,7,10-19H2. The fourth-order valence-electron chi connectivity index (χ4n) is 6.42. The van der Waals surface area contributed by atoms with Gasteiger partial charge < -0.3 is 9.80 Å². The third kappa shape index (κ3) is 4.45. The van der Waals surface area contributed by atoms with Gasteiger partial charge in [0.05, 0.1) is 5.92 Å². The van der Waals surface area contributed by atoms with Gasteiger partial charge in [-0.3, -0.25) is 4.79 Å². The van der Waals surface area contributed by atoms with Gasteiger partial charge >= 0.3 is 0 Å². The normalized spacial score (nSPS) is 32.8. The van der Waals surface area contributed by atoms with Gasteiger partial charge in [0, 0.05) is 26.2 Å². The number of carbonyl (C=O) groups is 1. The number of hydrogen-bond acceptors (Lipinski definition) is 2. The average molecular weight is 393 g/mol. The zero-order valence-corrected chi connectivity index (χ0v) is 17.7. The molecule has 2 aliphatic carbocycles. The highest BCUT2D eigenvalue weighted by atomic mass is 16.2. The maximum Gasteiger partial charge on any atom is 0.226 e. The number of allylic oxidation sites excluding steroid dienone is 2. The van der Waals surface area contributed by atoms with Crippen LogP contribution in [0.5, 0.6) is 0 Å². The van der Waals surface area contributed by atoms with Gasteiger partial charge in [0.25, 0.3) is 0 Å². The van der Waals surface area contributed by atoms with Crippen molar-refractivity contribution in [2.45, 2.75) is 44.9 Å². The van der Waals surface area contributed by atoms with Crippen LogP contribution in [-0.2, 0) is 11.2 Å². The molecule has 1 amide bonds. The predicted molar refractivity (Wildman–Crippen MR) is 117 cm³/mol. The molecule has 29 heavy (non-hydrogen) atoms. The Hall–Kier alpha value is -1.61. The molecule has 0 N–H and O–H groups in total. The molecule has 0 spiro atoms. The molecular formula is C26H36N2O. The summed E-state index contributed by atoms with van der Waals surface area (Å²) in [6.07, 6.45) is 13.4. The lowest BCUT2D eigenvalue weighted by atomic mass is 9.88. The molecule has 1 saturated carbocycles. The van der Waals surface area contributed by atoms with Gasteiger partial charge in [-0.25, -0.2) is 0 Å². The lowest BCUT2D eigenvalue weighted by Crippen LogP contribution is -2.48. The number of nitrogens with zero attached hydrogens (tertiary/aromatic N) is 2. The van der Waals surface area contributed by atoms with Gasteiger partial charge in [-0.2, -0.15) is 0 Å². The smallest absolute Gasteiger partial charge is 0.226 e. The summed E-state index contributed by atoms with van der Waals surface area (Å²) in [7, 11) is 0. The first-order valence-corrected chi connectivity index (χ1v) is 12.0. The predicted octanol–water partition coefficient (Wildman–Crippen LogP) is 4.39. The molecule has 2 saturated heterocycles. The van der Waals surface area contributed by atoms with E-state index < -0.39 is 0 Å². The second-order valence-electron chi connectivity index (χ2n) is 10.1. The van der Waals surface area contributed by atoms with Crippen LogP contribution in [0.25, 0.3) is 0 Å². The molecule has 2 heterocycles. The molecule has 0 radical (unpaired) electrons. The minimum absolute atomic E-state index is 0.239. The summed E-state index contributed by atoms with van der Waals surface area (Å²) in [5.74, 6) is 3.93. The summed E-state index contributed by atoms with van der Waals surface area (Å²) in [5, 5.41) is 0. The van der Waals surface area contributed by atoms with Gasteiger partial charge in [-0.15, -0.1) is 0 Å². The van der Waals surface area contributed by atoms with E-state index in [9.17, 15) is 4.79 Å². The summed E-state index contributed by atoms with van der Waals surface area (Å²) < 4.78 is 0. The van der Waals surface area contributed by atoms with E-state index in [2.05, 4.69) is 52.3 Å². The lowest BCUT2D eigenvalue weighted by Gasteiger charge is -2.39. The van der Waals surface area contributed by atoms with Crippen LogP contribution in [0, 0.1) is 29.6 Å². The molecule has 2 bridgehead atoms. The largest absolute Gasteiger partial charge is 0.342 e. The van der Waals surface area contributed by atoms with Crippen molar-refractivity contribution in [1.29, 1.82) is 0 Å². The zero-order valence-electron chi connectivity index (χ0n) is 17.7. The molecule has 3 nitrogen and oxygen atoms in total. The Morgan fingerprint density at radius 3 is 2.52 bits per heavy atom. The molecule has 4 atom stereocenters. The van der Waals surface area contributed by atoms with E-state index in [4.69, 9.17) is 0 Å². The molecule has 3 heteroatoms. The highest BCUT2D eigenvalue weighted by Crippen LogP contribution is 2.44. The third-order valence-electron chi connectivity index (χ3n) is 8.06. The van der Waals surface area contributed by atoms with Crippen LogP contribution in [-0.4, -0.2) is 48.4 Å². The minimum Gasteiger partial charge on any atom is -0.342 e. The third-order valence-corrected chi connectivity index (χ3v) is 8.06. The Morgan fingerprint density at radius 2 is 1.79 bits per heavy atom. The first-order valence-electron chi connectivity index (χ1n) is 12.0. The number of carbonyl (C=O) groups excluding carboxylic acids is 1. The molecule has 2 aliphatic heterocycles. The van der Waals surface area contributed by atoms with Gasteiger partial charge in [0.15, 0.2) is 0 Å². The van der Waals surface area contributed by atoms with Gasteiger partial charge in [0.2, 0.25) is 5.91 Å². The molecule has 1 aromatic carbocycles. The van der Waals surface area contributed by atoms with Gasteiger partial charge in [-0.1, -0.05) is 42.5 Å². The Bertz CT molecular complexity index is 721. The quantitative estimate of drug-likeness (QED) is 0.694. The van der Waals surface area contributed by atoms with Crippen LogP contribution in [0.2, 0.25) is 0 Å². The second-order valence-corrected chi connectivity index (χ2v) is 10.1. The fraction of sp³-hybridized carbons (Fsp3) is 0.654. The number of piperidine rings is 2. The van der Waals surface area contributed by atoms with E-state index in [1.54, 1.807) is 0 Å². The SMILES string of the molecule is O=C(C1CCCN(CC2CC3C=CC2C3)C1)N1CCC(Cc2ccccc2)CC1. The molecular weight excluding hydrogens is 356 g/mol. The van der Waals surface area contributed by atoms with Crippen molar-refractivity contribution in [2.75, 3.05) is 32.7 Å². The molecule has 0 aromatic heterocycles. The fourth-order valence-corrected chi connectivity index (χ4v) is 6.42. The second kappa shape index (κ2) is 8.63. The number of fused-ring (bicyclic) bond motifs is 2. The Balaban J connectivity index is 1.09. The van der Waals surface area contributed by atoms with Crippen molar-refractivity contribution in [1.82, 2.24) is 9.80 Å². The van der Waals surface area contributed by atoms with E-state index in [-0.39, 0.29) is 5.92 Å². The highest BCUT2D eigenvalue weighted by Gasteiger charge is 2.38. The summed E-state index contributed by atoms with van der Waals surface area (Å²) >= 11 is 0. The summed E-state index contributed by atoms with van der Waals surface area (Å²) in [4.78, 5) is 18.0. The first-order chi connectivity index (χ1) is 14.2. The van der Waals surface area contributed by atoms with Crippen molar-refractivity contribution < 1.29 is 4.79 Å². The topological polar surface area (TPSA) is 23.6 Å². The zero-order chi connectivity index (χ0) is 19.6. The lowest BCUT2D eigenvalue weighted by molar-refractivity contribution is -0.138. The summed E-state index contributed by atoms with van der Waals surface area (Å²) in [6.45, 7) is 5.34. The molecule has 3 fully saturated rings. The van der Waals surface area contributed by atoms with Crippen molar-refractivity contribution in [3.8, 4) is 0 Å². The maximum atomic E-state index is 13.2. The number of hydrogen-bond donors (Lipinski definition) is 0.